The molecular weight excluding hydrogens is 302 g/mol. The molecule has 17 heavy (non-hydrogen) atoms. The van der Waals surface area contributed by atoms with Crippen LogP contribution in [-0.2, 0) is 6.54 Å². The average molecular weight is 312 g/mol. The van der Waals surface area contributed by atoms with Gasteiger partial charge in [0, 0.05) is 11.1 Å². The van der Waals surface area contributed by atoms with Crippen LogP contribution in [0, 0.1) is 6.92 Å². The predicted octanol–water partition coefficient (Wildman–Crippen LogP) is 2.54. The predicted molar refractivity (Wildman–Crippen MR) is 70.0 cm³/mol. The van der Waals surface area contributed by atoms with E-state index in [0.29, 0.717) is 12.2 Å². The number of carbonyl (C=O) groups is 1. The van der Waals surface area contributed by atoms with Crippen molar-refractivity contribution >= 4 is 33.2 Å². The van der Waals surface area contributed by atoms with E-state index in [2.05, 4.69) is 31.2 Å². The van der Waals surface area contributed by atoms with E-state index in [-0.39, 0.29) is 5.91 Å². The van der Waals surface area contributed by atoms with Gasteiger partial charge in [-0.05, 0) is 35.0 Å². The fraction of sp³-hybridized carbons (Fsp3) is 0.182. The molecule has 0 aliphatic rings. The molecule has 4 nitrogen and oxygen atoms in total. The minimum absolute atomic E-state index is 0.206. The van der Waals surface area contributed by atoms with Gasteiger partial charge in [-0.15, -0.1) is 11.3 Å². The number of aromatic nitrogens is 2. The summed E-state index contributed by atoms with van der Waals surface area (Å²) < 4.78 is 1.05. The maximum atomic E-state index is 11.7. The molecule has 0 atom stereocenters. The van der Waals surface area contributed by atoms with Crippen molar-refractivity contribution in [2.45, 2.75) is 13.5 Å². The zero-order valence-corrected chi connectivity index (χ0v) is 11.5. The molecule has 6 heteroatoms. The van der Waals surface area contributed by atoms with Gasteiger partial charge in [-0.25, -0.2) is 4.98 Å². The molecule has 1 amide bonds. The summed E-state index contributed by atoms with van der Waals surface area (Å²) in [4.78, 5) is 20.8. The second-order valence-electron chi connectivity index (χ2n) is 3.43. The molecule has 0 aliphatic carbocycles. The number of nitrogens with zero attached hydrogens (tertiary/aromatic N) is 2. The number of rotatable bonds is 3. The van der Waals surface area contributed by atoms with Crippen molar-refractivity contribution in [2.75, 3.05) is 0 Å². The number of thiophene rings is 1. The van der Waals surface area contributed by atoms with Crippen molar-refractivity contribution in [3.05, 3.63) is 44.6 Å². The average Bonchev–Trinajstić information content (AvgIpc) is 2.73. The maximum absolute atomic E-state index is 11.7. The van der Waals surface area contributed by atoms with Gasteiger partial charge in [0.05, 0.1) is 22.2 Å². The Balaban J connectivity index is 1.95. The monoisotopic (exact) mass is 311 g/mol. The van der Waals surface area contributed by atoms with Crippen LogP contribution in [0.25, 0.3) is 0 Å². The third kappa shape index (κ3) is 3.34. The van der Waals surface area contributed by atoms with E-state index in [1.807, 2.05) is 19.1 Å². The highest BCUT2D eigenvalue weighted by atomic mass is 79.9. The summed E-state index contributed by atoms with van der Waals surface area (Å²) in [5.74, 6) is -0.206. The van der Waals surface area contributed by atoms with Crippen molar-refractivity contribution in [3.63, 3.8) is 0 Å². The van der Waals surface area contributed by atoms with Crippen LogP contribution in [0.4, 0.5) is 0 Å². The highest BCUT2D eigenvalue weighted by Crippen LogP contribution is 2.21. The Kier molecular flexibility index (Phi) is 3.86. The van der Waals surface area contributed by atoms with Crippen molar-refractivity contribution < 1.29 is 4.79 Å². The highest BCUT2D eigenvalue weighted by molar-refractivity contribution is 9.11. The zero-order chi connectivity index (χ0) is 12.3. The van der Waals surface area contributed by atoms with E-state index >= 15 is 0 Å². The lowest BCUT2D eigenvalue weighted by Crippen LogP contribution is -2.23. The van der Waals surface area contributed by atoms with Gasteiger partial charge in [-0.2, -0.15) is 0 Å². The topological polar surface area (TPSA) is 54.9 Å². The molecule has 0 radical (unpaired) electrons. The number of hydrogen-bond acceptors (Lipinski definition) is 4. The second kappa shape index (κ2) is 5.37. The van der Waals surface area contributed by atoms with E-state index < -0.39 is 0 Å². The highest BCUT2D eigenvalue weighted by Gasteiger charge is 2.07. The Bertz CT molecular complexity index is 524. The third-order valence-electron chi connectivity index (χ3n) is 2.07. The minimum Gasteiger partial charge on any atom is -0.346 e. The summed E-state index contributed by atoms with van der Waals surface area (Å²) in [5.41, 5.74) is 1.13. The van der Waals surface area contributed by atoms with E-state index in [9.17, 15) is 4.79 Å². The Morgan fingerprint density at radius 2 is 2.24 bits per heavy atom. The second-order valence-corrected chi connectivity index (χ2v) is 5.98. The normalized spacial score (nSPS) is 10.2. The molecule has 2 aromatic heterocycles. The molecule has 2 rings (SSSR count). The van der Waals surface area contributed by atoms with Crippen LogP contribution >= 0.6 is 27.3 Å². The van der Waals surface area contributed by atoms with E-state index in [0.717, 1.165) is 14.4 Å². The van der Waals surface area contributed by atoms with Gasteiger partial charge in [0.15, 0.2) is 0 Å². The fourth-order valence-corrected chi connectivity index (χ4v) is 2.64. The van der Waals surface area contributed by atoms with Gasteiger partial charge in [0.2, 0.25) is 0 Å². The first-order chi connectivity index (χ1) is 8.15. The molecule has 0 fully saturated rings. The first-order valence-corrected chi connectivity index (χ1v) is 6.57. The standard InChI is InChI=1S/C11H10BrN3OS/c1-7-4-14-9(6-13-7)11(16)15-5-8-2-3-10(12)17-8/h2-4,6H,5H2,1H3,(H,15,16). The van der Waals surface area contributed by atoms with E-state index in [1.54, 1.807) is 17.5 Å². The van der Waals surface area contributed by atoms with Gasteiger partial charge >= 0.3 is 0 Å². The Morgan fingerprint density at radius 3 is 2.82 bits per heavy atom. The van der Waals surface area contributed by atoms with E-state index in [4.69, 9.17) is 0 Å². The van der Waals surface area contributed by atoms with Crippen LogP contribution in [0.2, 0.25) is 0 Å². The fourth-order valence-electron chi connectivity index (χ4n) is 1.21. The van der Waals surface area contributed by atoms with Crippen molar-refractivity contribution in [1.82, 2.24) is 15.3 Å². The lowest BCUT2D eigenvalue weighted by Gasteiger charge is -2.02. The quantitative estimate of drug-likeness (QED) is 0.947. The van der Waals surface area contributed by atoms with Crippen LogP contribution in [0.5, 0.6) is 0 Å². The first kappa shape index (κ1) is 12.2. The SMILES string of the molecule is Cc1cnc(C(=O)NCc2ccc(Br)s2)cn1. The molecule has 0 saturated carbocycles. The molecule has 88 valence electrons. The molecule has 0 bridgehead atoms. The van der Waals surface area contributed by atoms with Crippen LogP contribution in [0.1, 0.15) is 21.1 Å². The molecule has 0 spiro atoms. The smallest absolute Gasteiger partial charge is 0.271 e. The van der Waals surface area contributed by atoms with Crippen molar-refractivity contribution in [2.24, 2.45) is 0 Å². The lowest BCUT2D eigenvalue weighted by molar-refractivity contribution is 0.0946. The molecule has 0 aromatic carbocycles. The third-order valence-corrected chi connectivity index (χ3v) is 3.69. The van der Waals surface area contributed by atoms with Crippen LogP contribution in [0.3, 0.4) is 0 Å². The Labute approximate surface area is 111 Å². The number of hydrogen-bond donors (Lipinski definition) is 1. The Hall–Kier alpha value is -1.27. The van der Waals surface area contributed by atoms with Crippen LogP contribution < -0.4 is 5.32 Å². The Morgan fingerprint density at radius 1 is 1.41 bits per heavy atom. The first-order valence-electron chi connectivity index (χ1n) is 4.96. The van der Waals surface area contributed by atoms with Gasteiger partial charge in [-0.1, -0.05) is 0 Å². The van der Waals surface area contributed by atoms with Gasteiger partial charge < -0.3 is 5.32 Å². The molecule has 2 aromatic rings. The summed E-state index contributed by atoms with van der Waals surface area (Å²) in [6, 6.07) is 3.92. The molecule has 2 heterocycles. The minimum atomic E-state index is -0.206. The number of carbonyl (C=O) groups excluding carboxylic acids is 1. The summed E-state index contributed by atoms with van der Waals surface area (Å²) in [6.45, 7) is 2.34. The molecular formula is C11H10BrN3OS. The van der Waals surface area contributed by atoms with Gasteiger partial charge in [0.25, 0.3) is 5.91 Å². The molecule has 1 N–H and O–H groups in total. The summed E-state index contributed by atoms with van der Waals surface area (Å²) in [5, 5.41) is 2.80. The van der Waals surface area contributed by atoms with Crippen LogP contribution in [0.15, 0.2) is 28.3 Å². The van der Waals surface area contributed by atoms with E-state index in [1.165, 1.54) is 6.20 Å². The van der Waals surface area contributed by atoms with Crippen molar-refractivity contribution in [1.29, 1.82) is 0 Å². The number of halogens is 1. The summed E-state index contributed by atoms with van der Waals surface area (Å²) >= 11 is 4.97. The van der Waals surface area contributed by atoms with Crippen LogP contribution in [-0.4, -0.2) is 15.9 Å². The van der Waals surface area contributed by atoms with Crippen molar-refractivity contribution in [3.8, 4) is 0 Å². The summed E-state index contributed by atoms with van der Waals surface area (Å²) in [7, 11) is 0. The zero-order valence-electron chi connectivity index (χ0n) is 9.11. The number of amides is 1. The summed E-state index contributed by atoms with van der Waals surface area (Å²) in [6.07, 6.45) is 3.06. The van der Waals surface area contributed by atoms with Gasteiger partial charge in [0.1, 0.15) is 5.69 Å². The maximum Gasteiger partial charge on any atom is 0.271 e. The number of aryl methyl sites for hydroxylation is 1. The molecule has 0 saturated heterocycles. The number of nitrogens with one attached hydrogen (secondary N) is 1. The molecule has 0 aliphatic heterocycles. The molecule has 0 unspecified atom stereocenters. The van der Waals surface area contributed by atoms with Gasteiger partial charge in [-0.3, -0.25) is 9.78 Å². The largest absolute Gasteiger partial charge is 0.346 e. The lowest BCUT2D eigenvalue weighted by atomic mass is 10.4.